The van der Waals surface area contributed by atoms with Crippen LogP contribution in [0.1, 0.15) is 37.0 Å². The Bertz CT molecular complexity index is 521. The number of pyridine rings is 1. The van der Waals surface area contributed by atoms with E-state index in [1.54, 1.807) is 41.9 Å². The molecule has 0 bridgehead atoms. The Morgan fingerprint density at radius 2 is 2.29 bits per heavy atom. The summed E-state index contributed by atoms with van der Waals surface area (Å²) < 4.78 is 5.06. The number of amides is 1. The second-order valence-corrected chi connectivity index (χ2v) is 6.01. The van der Waals surface area contributed by atoms with Crippen LogP contribution < -0.4 is 0 Å². The second-order valence-electron chi connectivity index (χ2n) is 4.72. The van der Waals surface area contributed by atoms with E-state index in [-0.39, 0.29) is 11.9 Å². The van der Waals surface area contributed by atoms with Crippen LogP contribution in [-0.4, -0.2) is 46.7 Å². The maximum Gasteiger partial charge on any atom is 0.328 e. The van der Waals surface area contributed by atoms with Crippen molar-refractivity contribution in [3.05, 3.63) is 23.9 Å². The number of carbonyl (C=O) groups excluding carboxylic acids is 2. The third-order valence-corrected chi connectivity index (χ3v) is 4.15. The van der Waals surface area contributed by atoms with Gasteiger partial charge in [-0.05, 0) is 37.7 Å². The highest BCUT2D eigenvalue weighted by molar-refractivity contribution is 7.99. The zero-order chi connectivity index (χ0) is 15.2. The molecule has 5 nitrogen and oxygen atoms in total. The quantitative estimate of drug-likeness (QED) is 0.617. The fourth-order valence-corrected chi connectivity index (χ4v) is 3.07. The van der Waals surface area contributed by atoms with Crippen LogP contribution in [0.5, 0.6) is 0 Å². The Kier molecular flexibility index (Phi) is 5.61. The molecule has 2 heterocycles. The first-order valence-electron chi connectivity index (χ1n) is 7.23. The lowest BCUT2D eigenvalue weighted by Crippen LogP contribution is -2.41. The molecule has 0 aliphatic carbocycles. The minimum absolute atomic E-state index is 0.120. The molecule has 21 heavy (non-hydrogen) atoms. The Morgan fingerprint density at radius 1 is 1.48 bits per heavy atom. The number of ether oxygens (including phenoxy) is 1. The molecule has 1 aliphatic rings. The highest BCUT2D eigenvalue weighted by Gasteiger charge is 2.35. The first-order valence-corrected chi connectivity index (χ1v) is 8.22. The standard InChI is InChI=1S/C15H20N2O3S/c1-3-20-15(19)12-6-5-9-17(12)14(18)11-7-8-16-13(10-11)21-4-2/h7-8,10,12H,3-6,9H2,1-2H3/t12-/m1/s1. The second kappa shape index (κ2) is 7.45. The molecular formula is C15H20N2O3S. The Morgan fingerprint density at radius 3 is 3.00 bits per heavy atom. The van der Waals surface area contributed by atoms with Crippen LogP contribution in [0, 0.1) is 0 Å². The smallest absolute Gasteiger partial charge is 0.328 e. The van der Waals surface area contributed by atoms with Gasteiger partial charge in [0.25, 0.3) is 5.91 Å². The van der Waals surface area contributed by atoms with E-state index in [0.29, 0.717) is 25.1 Å². The molecule has 0 spiro atoms. The summed E-state index contributed by atoms with van der Waals surface area (Å²) in [7, 11) is 0. The Labute approximate surface area is 129 Å². The fourth-order valence-electron chi connectivity index (χ4n) is 2.43. The van der Waals surface area contributed by atoms with Gasteiger partial charge in [-0.1, -0.05) is 6.92 Å². The topological polar surface area (TPSA) is 59.5 Å². The number of likely N-dealkylation sites (tertiary alicyclic amines) is 1. The van der Waals surface area contributed by atoms with Gasteiger partial charge in [-0.15, -0.1) is 11.8 Å². The molecule has 0 radical (unpaired) electrons. The van der Waals surface area contributed by atoms with E-state index in [2.05, 4.69) is 4.98 Å². The van der Waals surface area contributed by atoms with E-state index in [1.165, 1.54) is 0 Å². The van der Waals surface area contributed by atoms with Crippen LogP contribution in [0.4, 0.5) is 0 Å². The molecule has 0 aromatic carbocycles. The normalized spacial score (nSPS) is 17.8. The van der Waals surface area contributed by atoms with Crippen LogP contribution in [-0.2, 0) is 9.53 Å². The first-order chi connectivity index (χ1) is 10.2. The predicted octanol–water partition coefficient (Wildman–Crippen LogP) is 2.36. The van der Waals surface area contributed by atoms with E-state index in [1.807, 2.05) is 6.92 Å². The summed E-state index contributed by atoms with van der Waals surface area (Å²) in [6.07, 6.45) is 3.14. The molecule has 2 rings (SSSR count). The van der Waals surface area contributed by atoms with Crippen molar-refractivity contribution in [2.24, 2.45) is 0 Å². The van der Waals surface area contributed by atoms with Crippen LogP contribution in [0.15, 0.2) is 23.4 Å². The molecular weight excluding hydrogens is 288 g/mol. The third kappa shape index (κ3) is 3.75. The number of hydrogen-bond donors (Lipinski definition) is 0. The van der Waals surface area contributed by atoms with E-state index in [9.17, 15) is 9.59 Å². The molecule has 6 heteroatoms. The largest absolute Gasteiger partial charge is 0.464 e. The molecule has 114 valence electrons. The zero-order valence-corrected chi connectivity index (χ0v) is 13.2. The highest BCUT2D eigenvalue weighted by Crippen LogP contribution is 2.23. The van der Waals surface area contributed by atoms with Gasteiger partial charge in [0.15, 0.2) is 0 Å². The monoisotopic (exact) mass is 308 g/mol. The molecule has 1 aromatic rings. The van der Waals surface area contributed by atoms with Crippen molar-refractivity contribution in [2.45, 2.75) is 37.8 Å². The third-order valence-electron chi connectivity index (χ3n) is 3.35. The van der Waals surface area contributed by atoms with Crippen molar-refractivity contribution in [2.75, 3.05) is 18.9 Å². The maximum atomic E-state index is 12.6. The summed E-state index contributed by atoms with van der Waals surface area (Å²) in [4.78, 5) is 30.4. The molecule has 0 N–H and O–H groups in total. The van der Waals surface area contributed by atoms with Crippen LogP contribution in [0.3, 0.4) is 0 Å². The lowest BCUT2D eigenvalue weighted by molar-refractivity contribution is -0.147. The fraction of sp³-hybridized carbons (Fsp3) is 0.533. The summed E-state index contributed by atoms with van der Waals surface area (Å²) in [6, 6.07) is 3.03. The number of hydrogen-bond acceptors (Lipinski definition) is 5. The van der Waals surface area contributed by atoms with Gasteiger partial charge in [0.05, 0.1) is 11.6 Å². The van der Waals surface area contributed by atoms with Crippen molar-refractivity contribution in [1.82, 2.24) is 9.88 Å². The molecule has 0 unspecified atom stereocenters. The van der Waals surface area contributed by atoms with Crippen molar-refractivity contribution in [1.29, 1.82) is 0 Å². The summed E-state index contributed by atoms with van der Waals surface area (Å²) in [6.45, 7) is 4.75. The molecule has 0 saturated carbocycles. The van der Waals surface area contributed by atoms with Gasteiger partial charge in [0, 0.05) is 18.3 Å². The molecule has 1 aromatic heterocycles. The first kappa shape index (κ1) is 15.8. The van der Waals surface area contributed by atoms with Gasteiger partial charge >= 0.3 is 5.97 Å². The number of carbonyl (C=O) groups is 2. The number of esters is 1. The summed E-state index contributed by atoms with van der Waals surface area (Å²) >= 11 is 1.59. The predicted molar refractivity (Wildman–Crippen MR) is 81.3 cm³/mol. The summed E-state index contributed by atoms with van der Waals surface area (Å²) in [5.41, 5.74) is 0.581. The minimum atomic E-state index is -0.451. The van der Waals surface area contributed by atoms with Gasteiger partial charge in [0.2, 0.25) is 0 Å². The average Bonchev–Trinajstić information content (AvgIpc) is 2.97. The lowest BCUT2D eigenvalue weighted by atomic mass is 10.2. The molecule has 1 fully saturated rings. The van der Waals surface area contributed by atoms with Crippen LogP contribution in [0.25, 0.3) is 0 Å². The van der Waals surface area contributed by atoms with Gasteiger partial charge < -0.3 is 9.64 Å². The van der Waals surface area contributed by atoms with E-state index in [0.717, 1.165) is 17.2 Å². The highest BCUT2D eigenvalue weighted by atomic mass is 32.2. The van der Waals surface area contributed by atoms with E-state index in [4.69, 9.17) is 4.74 Å². The molecule has 1 aliphatic heterocycles. The Hall–Kier alpha value is -1.56. The van der Waals surface area contributed by atoms with Crippen molar-refractivity contribution >= 4 is 23.6 Å². The zero-order valence-electron chi connectivity index (χ0n) is 12.4. The molecule has 1 amide bonds. The minimum Gasteiger partial charge on any atom is -0.464 e. The molecule has 1 atom stereocenters. The number of nitrogens with zero attached hydrogens (tertiary/aromatic N) is 2. The lowest BCUT2D eigenvalue weighted by Gasteiger charge is -2.23. The van der Waals surface area contributed by atoms with Gasteiger partial charge in [-0.25, -0.2) is 9.78 Å². The van der Waals surface area contributed by atoms with Crippen molar-refractivity contribution in [3.63, 3.8) is 0 Å². The number of aromatic nitrogens is 1. The summed E-state index contributed by atoms with van der Waals surface area (Å²) in [5, 5.41) is 0.829. The van der Waals surface area contributed by atoms with E-state index >= 15 is 0 Å². The average molecular weight is 308 g/mol. The number of thioether (sulfide) groups is 1. The summed E-state index contributed by atoms with van der Waals surface area (Å²) in [5.74, 6) is 0.478. The van der Waals surface area contributed by atoms with Crippen molar-refractivity contribution < 1.29 is 14.3 Å². The van der Waals surface area contributed by atoms with Gasteiger partial charge in [0.1, 0.15) is 6.04 Å². The van der Waals surface area contributed by atoms with Crippen molar-refractivity contribution in [3.8, 4) is 0 Å². The van der Waals surface area contributed by atoms with Gasteiger partial charge in [-0.3, -0.25) is 4.79 Å². The van der Waals surface area contributed by atoms with E-state index < -0.39 is 6.04 Å². The molecule has 1 saturated heterocycles. The Balaban J connectivity index is 2.14. The maximum absolute atomic E-state index is 12.6. The number of rotatable bonds is 5. The van der Waals surface area contributed by atoms with Crippen LogP contribution >= 0.6 is 11.8 Å². The van der Waals surface area contributed by atoms with Crippen LogP contribution in [0.2, 0.25) is 0 Å². The SMILES string of the molecule is CCOC(=O)[C@H]1CCCN1C(=O)c1ccnc(SCC)c1. The van der Waals surface area contributed by atoms with Gasteiger partial charge in [-0.2, -0.15) is 0 Å².